The molecule has 1 aromatic carbocycles. The van der Waals surface area contributed by atoms with E-state index < -0.39 is 17.7 Å². The van der Waals surface area contributed by atoms with Crippen molar-refractivity contribution in [3.63, 3.8) is 0 Å². The highest BCUT2D eigenvalue weighted by Crippen LogP contribution is 2.23. The van der Waals surface area contributed by atoms with Gasteiger partial charge in [0.15, 0.2) is 0 Å². The summed E-state index contributed by atoms with van der Waals surface area (Å²) in [6, 6.07) is 3.52. The summed E-state index contributed by atoms with van der Waals surface area (Å²) in [5.74, 6) is -0.918. The molecule has 1 atom stereocenters. The quantitative estimate of drug-likeness (QED) is 0.887. The van der Waals surface area contributed by atoms with Gasteiger partial charge in [-0.05, 0) is 12.1 Å². The molecule has 1 unspecified atom stereocenters. The summed E-state index contributed by atoms with van der Waals surface area (Å²) >= 11 is 0. The molecule has 0 spiro atoms. The minimum atomic E-state index is -1.24. The van der Waals surface area contributed by atoms with Crippen LogP contribution in [-0.4, -0.2) is 14.7 Å². The van der Waals surface area contributed by atoms with Crippen molar-refractivity contribution in [2.24, 2.45) is 7.05 Å². The van der Waals surface area contributed by atoms with Gasteiger partial charge in [0, 0.05) is 25.9 Å². The zero-order chi connectivity index (χ0) is 12.4. The molecule has 1 heterocycles. The van der Waals surface area contributed by atoms with E-state index in [9.17, 15) is 13.9 Å². The number of rotatable bonds is 3. The lowest BCUT2D eigenvalue weighted by molar-refractivity contribution is 0.165. The lowest BCUT2D eigenvalue weighted by Crippen LogP contribution is -2.10. The number of halogens is 2. The molecule has 0 aliphatic carbocycles. The highest BCUT2D eigenvalue weighted by Gasteiger charge is 2.19. The molecule has 0 bridgehead atoms. The maximum Gasteiger partial charge on any atom is 0.131 e. The Morgan fingerprint density at radius 3 is 2.53 bits per heavy atom. The summed E-state index contributed by atoms with van der Waals surface area (Å²) in [5.41, 5.74) is -0.310. The van der Waals surface area contributed by atoms with Crippen molar-refractivity contribution >= 4 is 0 Å². The maximum absolute atomic E-state index is 13.4. The second-order valence-corrected chi connectivity index (χ2v) is 3.81. The van der Waals surface area contributed by atoms with E-state index in [0.717, 1.165) is 12.1 Å². The molecule has 3 nitrogen and oxygen atoms in total. The van der Waals surface area contributed by atoms with Gasteiger partial charge in [-0.3, -0.25) is 0 Å². The van der Waals surface area contributed by atoms with Crippen molar-refractivity contribution in [1.82, 2.24) is 9.55 Å². The lowest BCUT2D eigenvalue weighted by atomic mass is 10.0. The zero-order valence-corrected chi connectivity index (χ0v) is 9.27. The number of aromatic nitrogens is 2. The van der Waals surface area contributed by atoms with Crippen molar-refractivity contribution in [2.75, 3.05) is 0 Å². The summed E-state index contributed by atoms with van der Waals surface area (Å²) in [7, 11) is 1.76. The minimum Gasteiger partial charge on any atom is -0.388 e. The van der Waals surface area contributed by atoms with E-state index in [1.165, 1.54) is 6.07 Å². The van der Waals surface area contributed by atoms with Gasteiger partial charge >= 0.3 is 0 Å². The molecule has 0 saturated heterocycles. The predicted octanol–water partition coefficient (Wildman–Crippen LogP) is 1.97. The summed E-state index contributed by atoms with van der Waals surface area (Å²) in [6.07, 6.45) is 2.11. The second kappa shape index (κ2) is 4.63. The normalized spacial score (nSPS) is 12.7. The zero-order valence-electron chi connectivity index (χ0n) is 9.27. The van der Waals surface area contributed by atoms with E-state index in [4.69, 9.17) is 0 Å². The first kappa shape index (κ1) is 11.7. The Bertz CT molecular complexity index is 505. The van der Waals surface area contributed by atoms with Gasteiger partial charge in [0.25, 0.3) is 0 Å². The fraction of sp³-hybridized carbons (Fsp3) is 0.250. The summed E-state index contributed by atoms with van der Waals surface area (Å²) in [6.45, 7) is 0. The van der Waals surface area contributed by atoms with Crippen molar-refractivity contribution < 1.29 is 13.9 Å². The molecule has 17 heavy (non-hydrogen) atoms. The summed E-state index contributed by atoms with van der Waals surface area (Å²) < 4.78 is 28.5. The van der Waals surface area contributed by atoms with Gasteiger partial charge in [0.05, 0.1) is 11.7 Å². The van der Waals surface area contributed by atoms with Crippen LogP contribution in [0.2, 0.25) is 0 Å². The first-order chi connectivity index (χ1) is 8.09. The molecule has 5 heteroatoms. The van der Waals surface area contributed by atoms with Crippen LogP contribution in [-0.2, 0) is 13.5 Å². The molecule has 0 radical (unpaired) electrons. The van der Waals surface area contributed by atoms with E-state index >= 15 is 0 Å². The standard InChI is InChI=1S/C12H12F2N2O/c1-16-6-5-15-11(16)7-10(17)12-8(13)3-2-4-9(12)14/h2-6,10,17H,7H2,1H3. The number of hydrogen-bond acceptors (Lipinski definition) is 2. The van der Waals surface area contributed by atoms with Crippen LogP contribution >= 0.6 is 0 Å². The molecule has 0 amide bonds. The van der Waals surface area contributed by atoms with Gasteiger partial charge in [-0.15, -0.1) is 0 Å². The summed E-state index contributed by atoms with van der Waals surface area (Å²) in [5, 5.41) is 9.85. The molecule has 90 valence electrons. The Balaban J connectivity index is 2.26. The smallest absolute Gasteiger partial charge is 0.131 e. The van der Waals surface area contributed by atoms with Gasteiger partial charge in [-0.1, -0.05) is 6.07 Å². The number of nitrogens with zero attached hydrogens (tertiary/aromatic N) is 2. The molecular weight excluding hydrogens is 226 g/mol. The third kappa shape index (κ3) is 2.34. The van der Waals surface area contributed by atoms with Crippen LogP contribution in [0.4, 0.5) is 8.78 Å². The van der Waals surface area contributed by atoms with E-state index in [2.05, 4.69) is 4.98 Å². The van der Waals surface area contributed by atoms with Crippen LogP contribution in [0.3, 0.4) is 0 Å². The minimum absolute atomic E-state index is 0.0708. The first-order valence-corrected chi connectivity index (χ1v) is 5.17. The third-order valence-electron chi connectivity index (χ3n) is 2.63. The highest BCUT2D eigenvalue weighted by molar-refractivity contribution is 5.22. The number of aryl methyl sites for hydroxylation is 1. The van der Waals surface area contributed by atoms with Crippen LogP contribution in [0.5, 0.6) is 0 Å². The van der Waals surface area contributed by atoms with Crippen molar-refractivity contribution in [3.05, 3.63) is 53.6 Å². The predicted molar refractivity (Wildman–Crippen MR) is 58.2 cm³/mol. The molecule has 2 rings (SSSR count). The Hall–Kier alpha value is -1.75. The van der Waals surface area contributed by atoms with E-state index in [0.29, 0.717) is 5.82 Å². The molecule has 2 aromatic rings. The molecule has 1 N–H and O–H groups in total. The molecular formula is C12H12F2N2O. The van der Waals surface area contributed by atoms with Crippen LogP contribution in [0, 0.1) is 11.6 Å². The largest absolute Gasteiger partial charge is 0.388 e. The fourth-order valence-electron chi connectivity index (χ4n) is 1.70. The van der Waals surface area contributed by atoms with Gasteiger partial charge in [-0.25, -0.2) is 13.8 Å². The van der Waals surface area contributed by atoms with E-state index in [1.807, 2.05) is 0 Å². The Kier molecular flexibility index (Phi) is 3.19. The lowest BCUT2D eigenvalue weighted by Gasteiger charge is -2.12. The number of benzene rings is 1. The molecule has 0 aliphatic rings. The van der Waals surface area contributed by atoms with Crippen molar-refractivity contribution in [2.45, 2.75) is 12.5 Å². The van der Waals surface area contributed by atoms with Crippen molar-refractivity contribution in [1.29, 1.82) is 0 Å². The number of aliphatic hydroxyl groups is 1. The molecule has 0 saturated carbocycles. The average molecular weight is 238 g/mol. The SMILES string of the molecule is Cn1ccnc1CC(O)c1c(F)cccc1F. The number of hydrogen-bond donors (Lipinski definition) is 1. The highest BCUT2D eigenvalue weighted by atomic mass is 19.1. The van der Waals surface area contributed by atoms with Crippen molar-refractivity contribution in [3.8, 4) is 0 Å². The Morgan fingerprint density at radius 1 is 1.35 bits per heavy atom. The van der Waals surface area contributed by atoms with Gasteiger partial charge in [-0.2, -0.15) is 0 Å². The molecule has 0 aliphatic heterocycles. The monoisotopic (exact) mass is 238 g/mol. The van der Waals surface area contributed by atoms with E-state index in [-0.39, 0.29) is 12.0 Å². The first-order valence-electron chi connectivity index (χ1n) is 5.17. The summed E-state index contributed by atoms with van der Waals surface area (Å²) in [4.78, 5) is 4.00. The van der Waals surface area contributed by atoms with Crippen LogP contribution in [0.1, 0.15) is 17.5 Å². The van der Waals surface area contributed by atoms with Gasteiger partial charge in [0.1, 0.15) is 17.5 Å². The second-order valence-electron chi connectivity index (χ2n) is 3.81. The van der Waals surface area contributed by atoms with Crippen LogP contribution < -0.4 is 0 Å². The number of aliphatic hydroxyl groups excluding tert-OH is 1. The Morgan fingerprint density at radius 2 is 2.00 bits per heavy atom. The average Bonchev–Trinajstić information content (AvgIpc) is 2.64. The molecule has 1 aromatic heterocycles. The Labute approximate surface area is 97.3 Å². The molecule has 0 fully saturated rings. The van der Waals surface area contributed by atoms with E-state index in [1.54, 1.807) is 24.0 Å². The van der Waals surface area contributed by atoms with Crippen LogP contribution in [0.15, 0.2) is 30.6 Å². The maximum atomic E-state index is 13.4. The topological polar surface area (TPSA) is 38.0 Å². The van der Waals surface area contributed by atoms with Gasteiger partial charge in [0.2, 0.25) is 0 Å². The third-order valence-corrected chi connectivity index (χ3v) is 2.63. The van der Waals surface area contributed by atoms with Gasteiger partial charge < -0.3 is 9.67 Å². The fourth-order valence-corrected chi connectivity index (χ4v) is 1.70. The number of imidazole rings is 1. The van der Waals surface area contributed by atoms with Crippen LogP contribution in [0.25, 0.3) is 0 Å².